The molecular weight excluding hydrogens is 418 g/mol. The number of amides is 1. The van der Waals surface area contributed by atoms with E-state index in [1.54, 1.807) is 17.5 Å². The Kier molecular flexibility index (Phi) is 8.00. The smallest absolute Gasteiger partial charge is 0.270 e. The molecule has 0 fully saturated rings. The molecule has 0 spiro atoms. The monoisotopic (exact) mass is 443 g/mol. The Labute approximate surface area is 176 Å². The molecule has 1 aromatic carbocycles. The van der Waals surface area contributed by atoms with E-state index in [1.807, 2.05) is 27.7 Å². The summed E-state index contributed by atoms with van der Waals surface area (Å²) < 4.78 is 27.6. The molecule has 0 saturated carbocycles. The molecule has 2 rings (SSSR count). The maximum atomic E-state index is 13.1. The van der Waals surface area contributed by atoms with Crippen LogP contribution in [-0.2, 0) is 16.6 Å². The second kappa shape index (κ2) is 9.82. The van der Waals surface area contributed by atoms with Gasteiger partial charge in [-0.25, -0.2) is 13.4 Å². The molecule has 1 amide bonds. The predicted molar refractivity (Wildman–Crippen MR) is 113 cm³/mol. The van der Waals surface area contributed by atoms with Gasteiger partial charge in [0.25, 0.3) is 5.91 Å². The van der Waals surface area contributed by atoms with E-state index in [4.69, 9.17) is 11.6 Å². The number of sulfonamides is 1. The van der Waals surface area contributed by atoms with E-state index >= 15 is 0 Å². The van der Waals surface area contributed by atoms with Crippen molar-refractivity contribution in [1.82, 2.24) is 14.6 Å². The molecule has 1 aromatic heterocycles. The molecule has 1 N–H and O–H groups in total. The number of thiazole rings is 1. The summed E-state index contributed by atoms with van der Waals surface area (Å²) in [7, 11) is -3.70. The quantitative estimate of drug-likeness (QED) is 0.634. The number of carbonyl (C=O) groups excluding carboxylic acids is 1. The first kappa shape index (κ1) is 22.8. The van der Waals surface area contributed by atoms with Crippen LogP contribution in [0.25, 0.3) is 0 Å². The van der Waals surface area contributed by atoms with Crippen LogP contribution in [0.5, 0.6) is 0 Å². The lowest BCUT2D eigenvalue weighted by Crippen LogP contribution is -2.34. The number of nitrogens with one attached hydrogen (secondary N) is 1. The Balaban J connectivity index is 2.21. The van der Waals surface area contributed by atoms with Gasteiger partial charge in [-0.1, -0.05) is 39.3 Å². The molecule has 0 unspecified atom stereocenters. The molecule has 0 bridgehead atoms. The van der Waals surface area contributed by atoms with Crippen molar-refractivity contribution in [1.29, 1.82) is 0 Å². The molecule has 0 aliphatic heterocycles. The van der Waals surface area contributed by atoms with Gasteiger partial charge in [0.15, 0.2) is 0 Å². The molecule has 28 heavy (non-hydrogen) atoms. The first-order valence-corrected chi connectivity index (χ1v) is 11.8. The van der Waals surface area contributed by atoms with Crippen LogP contribution in [0, 0.1) is 11.8 Å². The van der Waals surface area contributed by atoms with Crippen LogP contribution in [0.15, 0.2) is 34.5 Å². The Hall–Kier alpha value is -1.48. The van der Waals surface area contributed by atoms with Crippen LogP contribution in [0.2, 0.25) is 5.02 Å². The lowest BCUT2D eigenvalue weighted by Gasteiger charge is -2.23. The van der Waals surface area contributed by atoms with Gasteiger partial charge in [-0.15, -0.1) is 11.3 Å². The molecule has 0 aliphatic rings. The summed E-state index contributed by atoms with van der Waals surface area (Å²) in [5.74, 6) is 0.233. The summed E-state index contributed by atoms with van der Waals surface area (Å²) in [6.07, 6.45) is 0. The molecule has 0 radical (unpaired) electrons. The van der Waals surface area contributed by atoms with Gasteiger partial charge in [-0.2, -0.15) is 4.31 Å². The number of nitrogens with zero attached hydrogens (tertiary/aromatic N) is 2. The molecule has 0 saturated heterocycles. The van der Waals surface area contributed by atoms with Gasteiger partial charge in [0, 0.05) is 23.5 Å². The van der Waals surface area contributed by atoms with Crippen LogP contribution >= 0.6 is 22.9 Å². The second-order valence-corrected chi connectivity index (χ2v) is 10.7. The highest BCUT2D eigenvalue weighted by Gasteiger charge is 2.26. The highest BCUT2D eigenvalue weighted by molar-refractivity contribution is 7.89. The van der Waals surface area contributed by atoms with Gasteiger partial charge in [-0.3, -0.25) is 4.79 Å². The number of hydrogen-bond donors (Lipinski definition) is 1. The number of benzene rings is 1. The average Bonchev–Trinajstić information content (AvgIpc) is 3.07. The molecule has 9 heteroatoms. The molecule has 0 atom stereocenters. The number of aromatic nitrogens is 1. The lowest BCUT2D eigenvalue weighted by atomic mass is 10.2. The Morgan fingerprint density at radius 1 is 1.18 bits per heavy atom. The Bertz CT molecular complexity index is 893. The van der Waals surface area contributed by atoms with Crippen molar-refractivity contribution in [3.63, 3.8) is 0 Å². The topological polar surface area (TPSA) is 79.4 Å². The van der Waals surface area contributed by atoms with E-state index in [0.29, 0.717) is 34.7 Å². The van der Waals surface area contributed by atoms with Crippen molar-refractivity contribution < 1.29 is 13.2 Å². The largest absolute Gasteiger partial charge is 0.350 e. The van der Waals surface area contributed by atoms with Gasteiger partial charge >= 0.3 is 0 Å². The zero-order chi connectivity index (χ0) is 20.9. The van der Waals surface area contributed by atoms with Gasteiger partial charge in [0.05, 0.1) is 11.4 Å². The van der Waals surface area contributed by atoms with E-state index in [9.17, 15) is 13.2 Å². The van der Waals surface area contributed by atoms with Gasteiger partial charge in [0.2, 0.25) is 10.0 Å². The summed E-state index contributed by atoms with van der Waals surface area (Å²) in [6, 6.07) is 6.11. The maximum absolute atomic E-state index is 13.1. The normalized spacial score (nSPS) is 12.1. The van der Waals surface area contributed by atoms with Crippen LogP contribution in [0.1, 0.15) is 43.2 Å². The summed E-state index contributed by atoms with van der Waals surface area (Å²) in [6.45, 7) is 8.96. The lowest BCUT2D eigenvalue weighted by molar-refractivity contribution is 0.0944. The molecule has 2 aromatic rings. The predicted octanol–water partition coefficient (Wildman–Crippen LogP) is 4.03. The Morgan fingerprint density at radius 2 is 1.82 bits per heavy atom. The van der Waals surface area contributed by atoms with Crippen molar-refractivity contribution in [2.75, 3.05) is 13.1 Å². The first-order valence-electron chi connectivity index (χ1n) is 9.08. The van der Waals surface area contributed by atoms with Crippen molar-refractivity contribution in [3.05, 3.63) is 45.4 Å². The minimum atomic E-state index is -3.70. The maximum Gasteiger partial charge on any atom is 0.270 e. The van der Waals surface area contributed by atoms with Gasteiger partial charge < -0.3 is 5.32 Å². The van der Waals surface area contributed by atoms with Crippen LogP contribution in [-0.4, -0.2) is 36.7 Å². The van der Waals surface area contributed by atoms with Gasteiger partial charge in [0.1, 0.15) is 10.7 Å². The van der Waals surface area contributed by atoms with Crippen LogP contribution in [0.4, 0.5) is 0 Å². The Morgan fingerprint density at radius 3 is 2.39 bits per heavy atom. The summed E-state index contributed by atoms with van der Waals surface area (Å²) >= 11 is 7.16. The summed E-state index contributed by atoms with van der Waals surface area (Å²) in [5, 5.41) is 5.53. The molecular formula is C19H26ClN3O3S2. The van der Waals surface area contributed by atoms with E-state index in [0.717, 1.165) is 0 Å². The molecule has 6 nitrogen and oxygen atoms in total. The van der Waals surface area contributed by atoms with Crippen molar-refractivity contribution in [2.24, 2.45) is 11.8 Å². The fourth-order valence-electron chi connectivity index (χ4n) is 2.44. The molecule has 1 heterocycles. The first-order chi connectivity index (χ1) is 13.1. The third-order valence-corrected chi connectivity index (χ3v) is 6.70. The summed E-state index contributed by atoms with van der Waals surface area (Å²) in [5.41, 5.74) is 0.314. The van der Waals surface area contributed by atoms with Crippen molar-refractivity contribution in [3.8, 4) is 0 Å². The van der Waals surface area contributed by atoms with Crippen molar-refractivity contribution >= 4 is 38.9 Å². The minimum Gasteiger partial charge on any atom is -0.350 e. The van der Waals surface area contributed by atoms with E-state index < -0.39 is 10.0 Å². The fourth-order valence-corrected chi connectivity index (χ4v) is 5.00. The average molecular weight is 444 g/mol. The second-order valence-electron chi connectivity index (χ2n) is 7.38. The third kappa shape index (κ3) is 6.27. The van der Waals surface area contributed by atoms with E-state index in [-0.39, 0.29) is 23.3 Å². The fraction of sp³-hybridized carbons (Fsp3) is 0.474. The standard InChI is InChI=1S/C19H26ClN3O3S2/c1-13(2)9-21-19(24)17-12-27-18(22-17)11-23(10-14(3)4)28(25,26)16-7-5-15(20)6-8-16/h5-8,12-14H,9-11H2,1-4H3,(H,21,24). The molecule has 154 valence electrons. The SMILES string of the molecule is CC(C)CNC(=O)c1csc(CN(CC(C)C)S(=O)(=O)c2ccc(Cl)cc2)n1. The zero-order valence-electron chi connectivity index (χ0n) is 16.5. The van der Waals surface area contributed by atoms with Crippen LogP contribution < -0.4 is 5.32 Å². The number of halogens is 1. The zero-order valence-corrected chi connectivity index (χ0v) is 18.9. The number of carbonyl (C=O) groups is 1. The number of rotatable bonds is 9. The molecule has 0 aliphatic carbocycles. The van der Waals surface area contributed by atoms with E-state index in [1.165, 1.54) is 27.8 Å². The van der Waals surface area contributed by atoms with E-state index in [2.05, 4.69) is 10.3 Å². The summed E-state index contributed by atoms with van der Waals surface area (Å²) in [4.78, 5) is 16.7. The van der Waals surface area contributed by atoms with Gasteiger partial charge in [-0.05, 0) is 36.1 Å². The highest BCUT2D eigenvalue weighted by atomic mass is 35.5. The number of hydrogen-bond acceptors (Lipinski definition) is 5. The van der Waals surface area contributed by atoms with Crippen LogP contribution in [0.3, 0.4) is 0 Å². The minimum absolute atomic E-state index is 0.116. The van der Waals surface area contributed by atoms with Crippen molar-refractivity contribution in [2.45, 2.75) is 39.1 Å². The third-order valence-electron chi connectivity index (χ3n) is 3.79. The highest BCUT2D eigenvalue weighted by Crippen LogP contribution is 2.23.